The Kier molecular flexibility index (Phi) is 4.20. The zero-order chi connectivity index (χ0) is 13.0. The number of carbonyl (C=O) groups excluding carboxylic acids is 1. The molecule has 1 saturated carbocycles. The van der Waals surface area contributed by atoms with Crippen molar-refractivity contribution in [3.05, 3.63) is 34.9 Å². The average Bonchev–Trinajstić information content (AvgIpc) is 3.14. The third-order valence-corrected chi connectivity index (χ3v) is 3.04. The second kappa shape index (κ2) is 5.87. The van der Waals surface area contributed by atoms with Gasteiger partial charge in [-0.25, -0.2) is 4.79 Å². The largest absolute Gasteiger partial charge is 0.446 e. The molecule has 1 aromatic rings. The summed E-state index contributed by atoms with van der Waals surface area (Å²) < 4.78 is 5.11. The van der Waals surface area contributed by atoms with Crippen LogP contribution in [0.4, 0.5) is 4.79 Å². The maximum atomic E-state index is 11.4. The van der Waals surface area contributed by atoms with Gasteiger partial charge in [0.25, 0.3) is 0 Å². The highest BCUT2D eigenvalue weighted by Gasteiger charge is 2.25. The molecule has 2 rings (SSSR count). The number of rotatable bonds is 5. The fourth-order valence-electron chi connectivity index (χ4n) is 1.75. The van der Waals surface area contributed by atoms with Crippen molar-refractivity contribution in [2.45, 2.75) is 38.8 Å². The van der Waals surface area contributed by atoms with Crippen molar-refractivity contribution in [2.24, 2.45) is 0 Å². The molecule has 1 aliphatic rings. The van der Waals surface area contributed by atoms with Crippen LogP contribution in [-0.4, -0.2) is 23.9 Å². The topological polar surface area (TPSA) is 58.6 Å². The van der Waals surface area contributed by atoms with Gasteiger partial charge in [-0.05, 0) is 42.9 Å². The number of amides is 1. The fraction of sp³-hybridized carbons (Fsp3) is 0.500. The molecule has 4 heteroatoms. The predicted octanol–water partition coefficient (Wildman–Crippen LogP) is 1.92. The molecule has 0 saturated heterocycles. The van der Waals surface area contributed by atoms with Gasteiger partial charge in [0, 0.05) is 13.2 Å². The van der Waals surface area contributed by atoms with Crippen molar-refractivity contribution in [3.63, 3.8) is 0 Å². The Morgan fingerprint density at radius 1 is 1.50 bits per heavy atom. The molecular formula is C14H19NO3. The third-order valence-electron chi connectivity index (χ3n) is 3.04. The normalized spacial score (nSPS) is 14.3. The van der Waals surface area contributed by atoms with E-state index < -0.39 is 0 Å². The van der Waals surface area contributed by atoms with E-state index >= 15 is 0 Å². The lowest BCUT2D eigenvalue weighted by atomic mass is 10.0. The molecular weight excluding hydrogens is 230 g/mol. The molecule has 0 heterocycles. The first-order valence-electron chi connectivity index (χ1n) is 6.33. The lowest BCUT2D eigenvalue weighted by Gasteiger charge is -2.10. The van der Waals surface area contributed by atoms with Crippen LogP contribution in [0, 0.1) is 6.92 Å². The summed E-state index contributed by atoms with van der Waals surface area (Å²) >= 11 is 0. The highest BCUT2D eigenvalue weighted by molar-refractivity contribution is 5.67. The van der Waals surface area contributed by atoms with E-state index in [1.165, 1.54) is 0 Å². The molecule has 0 radical (unpaired) electrons. The Hall–Kier alpha value is -1.55. The van der Waals surface area contributed by atoms with Crippen LogP contribution >= 0.6 is 0 Å². The van der Waals surface area contributed by atoms with Crippen molar-refractivity contribution in [1.29, 1.82) is 0 Å². The number of benzene rings is 1. The minimum Gasteiger partial charge on any atom is -0.446 e. The van der Waals surface area contributed by atoms with Crippen LogP contribution in [0.15, 0.2) is 18.2 Å². The van der Waals surface area contributed by atoms with Gasteiger partial charge in [-0.15, -0.1) is 0 Å². The van der Waals surface area contributed by atoms with E-state index in [1.807, 2.05) is 25.1 Å². The molecule has 2 N–H and O–H groups in total. The summed E-state index contributed by atoms with van der Waals surface area (Å²) in [5.41, 5.74) is 3.27. The lowest BCUT2D eigenvalue weighted by Crippen LogP contribution is -2.24. The van der Waals surface area contributed by atoms with Gasteiger partial charge in [0.15, 0.2) is 0 Å². The molecule has 0 bridgehead atoms. The van der Waals surface area contributed by atoms with Gasteiger partial charge in [-0.3, -0.25) is 0 Å². The van der Waals surface area contributed by atoms with Gasteiger partial charge < -0.3 is 15.2 Å². The van der Waals surface area contributed by atoms with Gasteiger partial charge >= 0.3 is 6.09 Å². The van der Waals surface area contributed by atoms with E-state index in [2.05, 4.69) is 5.32 Å². The summed E-state index contributed by atoms with van der Waals surface area (Å²) in [6, 6.07) is 6.02. The smallest absolute Gasteiger partial charge is 0.407 e. The van der Waals surface area contributed by atoms with E-state index in [4.69, 9.17) is 9.84 Å². The minimum absolute atomic E-state index is 0.131. The average molecular weight is 249 g/mol. The fourth-order valence-corrected chi connectivity index (χ4v) is 1.75. The van der Waals surface area contributed by atoms with E-state index in [0.29, 0.717) is 13.0 Å². The summed E-state index contributed by atoms with van der Waals surface area (Å²) in [4.78, 5) is 11.4. The molecule has 0 aromatic heterocycles. The molecule has 18 heavy (non-hydrogen) atoms. The third kappa shape index (κ3) is 3.74. The van der Waals surface area contributed by atoms with Crippen molar-refractivity contribution >= 4 is 6.09 Å². The van der Waals surface area contributed by atoms with Crippen LogP contribution in [0.1, 0.15) is 29.5 Å². The van der Waals surface area contributed by atoms with Crippen molar-refractivity contribution in [1.82, 2.24) is 5.32 Å². The van der Waals surface area contributed by atoms with Crippen LogP contribution in [0.5, 0.6) is 0 Å². The number of alkyl carbamates (subject to hydrolysis) is 1. The summed E-state index contributed by atoms with van der Waals surface area (Å²) in [5, 5.41) is 11.7. The number of aliphatic hydroxyl groups excluding tert-OH is 1. The van der Waals surface area contributed by atoms with E-state index in [1.54, 1.807) is 0 Å². The SMILES string of the molecule is Cc1ccc(CCO)cc1CNC(=O)OC1CC1. The number of nitrogens with one attached hydrogen (secondary N) is 1. The van der Waals surface area contributed by atoms with Crippen molar-refractivity contribution in [2.75, 3.05) is 6.61 Å². The first-order chi connectivity index (χ1) is 8.69. The van der Waals surface area contributed by atoms with Crippen molar-refractivity contribution < 1.29 is 14.6 Å². The van der Waals surface area contributed by atoms with Gasteiger partial charge in [0.2, 0.25) is 0 Å². The number of hydrogen-bond acceptors (Lipinski definition) is 3. The van der Waals surface area contributed by atoms with Crippen LogP contribution in [0.3, 0.4) is 0 Å². The number of ether oxygens (including phenoxy) is 1. The molecule has 4 nitrogen and oxygen atoms in total. The Balaban J connectivity index is 1.90. The number of hydrogen-bond donors (Lipinski definition) is 2. The summed E-state index contributed by atoms with van der Waals surface area (Å²) in [6.45, 7) is 2.61. The second-order valence-electron chi connectivity index (χ2n) is 4.69. The van der Waals surface area contributed by atoms with Crippen LogP contribution in [0.25, 0.3) is 0 Å². The monoisotopic (exact) mass is 249 g/mol. The molecule has 1 fully saturated rings. The maximum absolute atomic E-state index is 11.4. The quantitative estimate of drug-likeness (QED) is 0.838. The summed E-state index contributed by atoms with van der Waals surface area (Å²) in [6.07, 6.45) is 2.40. The predicted molar refractivity (Wildman–Crippen MR) is 68.3 cm³/mol. The van der Waals surface area contributed by atoms with Crippen LogP contribution in [-0.2, 0) is 17.7 Å². The molecule has 0 aliphatic heterocycles. The number of aliphatic hydroxyl groups is 1. The maximum Gasteiger partial charge on any atom is 0.407 e. The van der Waals surface area contributed by atoms with E-state index in [0.717, 1.165) is 29.5 Å². The van der Waals surface area contributed by atoms with Gasteiger partial charge in [-0.2, -0.15) is 0 Å². The Bertz CT molecular complexity index is 427. The van der Waals surface area contributed by atoms with E-state index in [-0.39, 0.29) is 18.8 Å². The lowest BCUT2D eigenvalue weighted by molar-refractivity contribution is 0.138. The highest BCUT2D eigenvalue weighted by Crippen LogP contribution is 2.23. The molecule has 1 aromatic carbocycles. The Labute approximate surface area is 107 Å². The Morgan fingerprint density at radius 3 is 2.94 bits per heavy atom. The van der Waals surface area contributed by atoms with Gasteiger partial charge in [0.1, 0.15) is 6.10 Å². The summed E-state index contributed by atoms with van der Waals surface area (Å²) in [5.74, 6) is 0. The van der Waals surface area contributed by atoms with Crippen molar-refractivity contribution in [3.8, 4) is 0 Å². The molecule has 0 unspecified atom stereocenters. The van der Waals surface area contributed by atoms with Crippen LogP contribution in [0.2, 0.25) is 0 Å². The summed E-state index contributed by atoms with van der Waals surface area (Å²) in [7, 11) is 0. The first kappa shape index (κ1) is 12.9. The highest BCUT2D eigenvalue weighted by atomic mass is 16.6. The standard InChI is InChI=1S/C14H19NO3/c1-10-2-3-11(6-7-16)8-12(10)9-15-14(17)18-13-4-5-13/h2-3,8,13,16H,4-7,9H2,1H3,(H,15,17). The molecule has 0 atom stereocenters. The second-order valence-corrected chi connectivity index (χ2v) is 4.69. The molecule has 0 spiro atoms. The van der Waals surface area contributed by atoms with Crippen LogP contribution < -0.4 is 5.32 Å². The van der Waals surface area contributed by atoms with Gasteiger partial charge in [-0.1, -0.05) is 18.2 Å². The first-order valence-corrected chi connectivity index (χ1v) is 6.33. The number of carbonyl (C=O) groups is 1. The molecule has 1 amide bonds. The Morgan fingerprint density at radius 2 is 2.28 bits per heavy atom. The van der Waals surface area contributed by atoms with Gasteiger partial charge in [0.05, 0.1) is 0 Å². The molecule has 1 aliphatic carbocycles. The minimum atomic E-state index is -0.343. The zero-order valence-corrected chi connectivity index (χ0v) is 10.6. The molecule has 98 valence electrons. The van der Waals surface area contributed by atoms with E-state index in [9.17, 15) is 4.79 Å². The zero-order valence-electron chi connectivity index (χ0n) is 10.6. The number of aryl methyl sites for hydroxylation is 1.